The number of amides is 1. The zero-order valence-corrected chi connectivity index (χ0v) is 21.5. The molecule has 1 amide bonds. The first kappa shape index (κ1) is 23.5. The maximum absolute atomic E-state index is 13.5. The Kier molecular flexibility index (Phi) is 6.28. The lowest BCUT2D eigenvalue weighted by Gasteiger charge is -2.29. The number of benzene rings is 3. The van der Waals surface area contributed by atoms with Crippen LogP contribution in [0.5, 0.6) is 23.0 Å². The van der Waals surface area contributed by atoms with E-state index < -0.39 is 5.92 Å². The normalized spacial score (nSPS) is 14.6. The number of hydrogen-bond donors (Lipinski definition) is 1. The summed E-state index contributed by atoms with van der Waals surface area (Å²) in [7, 11) is 3.32. The van der Waals surface area contributed by atoms with Gasteiger partial charge in [0, 0.05) is 36.1 Å². The third kappa shape index (κ3) is 4.54. The van der Waals surface area contributed by atoms with Gasteiger partial charge in [-0.1, -0.05) is 36.4 Å². The Morgan fingerprint density at radius 1 is 1.03 bits per heavy atom. The second-order valence-electron chi connectivity index (χ2n) is 9.18. The summed E-state index contributed by atoms with van der Waals surface area (Å²) in [5, 5.41) is 5.68. The maximum atomic E-state index is 13.5. The maximum Gasteiger partial charge on any atom is 0.238 e. The summed E-state index contributed by atoms with van der Waals surface area (Å²) in [6, 6.07) is 19.5. The van der Waals surface area contributed by atoms with Gasteiger partial charge in [-0.2, -0.15) is 0 Å². The first-order valence-corrected chi connectivity index (χ1v) is 13.1. The van der Waals surface area contributed by atoms with Crippen LogP contribution < -0.4 is 19.5 Å². The van der Waals surface area contributed by atoms with Gasteiger partial charge in [-0.15, -0.1) is 11.3 Å². The highest BCUT2D eigenvalue weighted by molar-refractivity contribution is 7.13. The molecule has 4 aromatic rings. The minimum atomic E-state index is -0.459. The van der Waals surface area contributed by atoms with Crippen molar-refractivity contribution in [1.82, 2.24) is 9.88 Å². The molecule has 3 aromatic carbocycles. The van der Waals surface area contributed by atoms with E-state index in [0.29, 0.717) is 23.2 Å². The van der Waals surface area contributed by atoms with Crippen molar-refractivity contribution in [2.45, 2.75) is 25.4 Å². The lowest BCUT2D eigenvalue weighted by molar-refractivity contribution is -0.116. The molecule has 7 nitrogen and oxygen atoms in total. The van der Waals surface area contributed by atoms with Gasteiger partial charge in [-0.25, -0.2) is 4.98 Å². The first-order chi connectivity index (χ1) is 18.1. The van der Waals surface area contributed by atoms with Crippen molar-refractivity contribution in [1.29, 1.82) is 0 Å². The van der Waals surface area contributed by atoms with Crippen LogP contribution in [0.25, 0.3) is 0 Å². The first-order valence-electron chi connectivity index (χ1n) is 12.2. The summed E-state index contributed by atoms with van der Waals surface area (Å²) in [6.07, 6.45) is 0.936. The predicted molar refractivity (Wildman–Crippen MR) is 143 cm³/mol. The van der Waals surface area contributed by atoms with Gasteiger partial charge in [-0.3, -0.25) is 9.69 Å². The fourth-order valence-electron chi connectivity index (χ4n) is 5.11. The molecule has 6 rings (SSSR count). The average Bonchev–Trinajstić information content (AvgIpc) is 3.36. The van der Waals surface area contributed by atoms with Crippen LogP contribution in [0, 0.1) is 0 Å². The van der Waals surface area contributed by atoms with Gasteiger partial charge >= 0.3 is 0 Å². The largest absolute Gasteiger partial charge is 0.493 e. The third-order valence-electron chi connectivity index (χ3n) is 6.91. The lowest BCUT2D eigenvalue weighted by Crippen LogP contribution is -2.30. The minimum Gasteiger partial charge on any atom is -0.493 e. The second kappa shape index (κ2) is 9.88. The van der Waals surface area contributed by atoms with Crippen molar-refractivity contribution in [3.63, 3.8) is 0 Å². The van der Waals surface area contributed by atoms with E-state index in [-0.39, 0.29) is 5.91 Å². The van der Waals surface area contributed by atoms with Crippen LogP contribution in [0.4, 0.5) is 5.13 Å². The zero-order valence-electron chi connectivity index (χ0n) is 20.7. The van der Waals surface area contributed by atoms with Crippen molar-refractivity contribution >= 4 is 22.4 Å². The Morgan fingerprint density at radius 2 is 1.68 bits per heavy atom. The summed E-state index contributed by atoms with van der Waals surface area (Å²) in [5.74, 6) is 2.36. The van der Waals surface area contributed by atoms with Crippen LogP contribution in [0.1, 0.15) is 33.9 Å². The van der Waals surface area contributed by atoms with E-state index in [2.05, 4.69) is 22.3 Å². The number of carbonyl (C=O) groups is 1. The Labute approximate surface area is 219 Å². The molecule has 3 heterocycles. The molecular weight excluding hydrogens is 486 g/mol. The Bertz CT molecular complexity index is 1420. The number of rotatable bonds is 6. The number of thiazole rings is 1. The number of fused-ring (bicyclic) bond motifs is 3. The molecule has 0 atom stereocenters. The molecule has 0 unspecified atom stereocenters. The molecule has 1 aromatic heterocycles. The second-order valence-corrected chi connectivity index (χ2v) is 10.0. The van der Waals surface area contributed by atoms with Gasteiger partial charge in [0.05, 0.1) is 25.8 Å². The van der Waals surface area contributed by atoms with Gasteiger partial charge in [0.2, 0.25) is 5.91 Å². The van der Waals surface area contributed by atoms with Crippen molar-refractivity contribution in [2.24, 2.45) is 0 Å². The van der Waals surface area contributed by atoms with Crippen LogP contribution >= 0.6 is 11.3 Å². The molecule has 0 spiro atoms. The Morgan fingerprint density at radius 3 is 2.35 bits per heavy atom. The molecule has 0 bridgehead atoms. The molecule has 188 valence electrons. The van der Waals surface area contributed by atoms with Crippen molar-refractivity contribution in [2.75, 3.05) is 26.1 Å². The van der Waals surface area contributed by atoms with Crippen molar-refractivity contribution < 1.29 is 19.0 Å². The SMILES string of the molecule is COc1cc2c(cc1OC)CN(Cc1csc(NC(=O)C3c4ccccc4Oc4ccccc43)n1)CC2. The summed E-state index contributed by atoms with van der Waals surface area (Å²) < 4.78 is 17.0. The highest BCUT2D eigenvalue weighted by Gasteiger charge is 2.33. The van der Waals surface area contributed by atoms with Gasteiger partial charge in [0.25, 0.3) is 0 Å². The third-order valence-corrected chi connectivity index (χ3v) is 7.71. The monoisotopic (exact) mass is 513 g/mol. The molecule has 0 saturated carbocycles. The lowest BCUT2D eigenvalue weighted by atomic mass is 9.87. The summed E-state index contributed by atoms with van der Waals surface area (Å²) >= 11 is 1.45. The van der Waals surface area contributed by atoms with Crippen LogP contribution in [-0.4, -0.2) is 36.6 Å². The van der Waals surface area contributed by atoms with E-state index >= 15 is 0 Å². The Hall–Kier alpha value is -3.88. The van der Waals surface area contributed by atoms with Crippen LogP contribution in [0.3, 0.4) is 0 Å². The predicted octanol–water partition coefficient (Wildman–Crippen LogP) is 5.59. The van der Waals surface area contributed by atoms with Gasteiger partial charge in [-0.05, 0) is 41.8 Å². The van der Waals surface area contributed by atoms with E-state index in [9.17, 15) is 4.79 Å². The highest BCUT2D eigenvalue weighted by Crippen LogP contribution is 2.44. The van der Waals surface area contributed by atoms with Crippen molar-refractivity contribution in [3.8, 4) is 23.0 Å². The summed E-state index contributed by atoms with van der Waals surface area (Å²) in [6.45, 7) is 2.45. The van der Waals surface area contributed by atoms with Crippen molar-refractivity contribution in [3.05, 3.63) is 94.0 Å². The molecule has 0 saturated heterocycles. The van der Waals surface area contributed by atoms with Crippen LogP contribution in [0.15, 0.2) is 66.0 Å². The van der Waals surface area contributed by atoms with E-state index in [1.807, 2.05) is 53.9 Å². The molecule has 2 aliphatic heterocycles. The average molecular weight is 514 g/mol. The number of methoxy groups -OCH3 is 2. The van der Waals surface area contributed by atoms with E-state index in [1.54, 1.807) is 14.2 Å². The molecule has 0 fully saturated rings. The molecule has 0 radical (unpaired) electrons. The molecule has 8 heteroatoms. The fourth-order valence-corrected chi connectivity index (χ4v) is 5.82. The number of nitrogens with zero attached hydrogens (tertiary/aromatic N) is 2. The van der Waals surface area contributed by atoms with Gasteiger partial charge in [0.1, 0.15) is 11.5 Å². The molecule has 37 heavy (non-hydrogen) atoms. The highest BCUT2D eigenvalue weighted by atomic mass is 32.1. The summed E-state index contributed by atoms with van der Waals surface area (Å²) in [5.41, 5.74) is 5.18. The smallest absolute Gasteiger partial charge is 0.238 e. The number of para-hydroxylation sites is 2. The number of nitrogens with one attached hydrogen (secondary N) is 1. The number of carbonyl (C=O) groups excluding carboxylic acids is 1. The molecule has 0 aliphatic carbocycles. The molecular formula is C29H27N3O4S. The number of hydrogen-bond acceptors (Lipinski definition) is 7. The van der Waals surface area contributed by atoms with E-state index in [0.717, 1.165) is 47.8 Å². The Balaban J connectivity index is 1.16. The fraction of sp³-hybridized carbons (Fsp3) is 0.241. The van der Waals surface area contributed by atoms with E-state index in [1.165, 1.54) is 22.5 Å². The van der Waals surface area contributed by atoms with Gasteiger partial charge < -0.3 is 19.5 Å². The van der Waals surface area contributed by atoms with Crippen LogP contribution in [-0.2, 0) is 24.3 Å². The number of aromatic nitrogens is 1. The number of ether oxygens (including phenoxy) is 3. The quantitative estimate of drug-likeness (QED) is 0.362. The zero-order chi connectivity index (χ0) is 25.4. The standard InChI is InChI=1S/C29H27N3O4S/c1-34-25-13-18-11-12-32(15-19(18)14-26(25)35-2)16-20-17-37-29(30-20)31-28(33)27-21-7-3-5-9-23(21)36-24-10-6-4-8-22(24)27/h3-10,13-14,17,27H,11-12,15-16H2,1-2H3,(H,30,31,33). The van der Waals surface area contributed by atoms with Gasteiger partial charge in [0.15, 0.2) is 16.6 Å². The number of anilines is 1. The van der Waals surface area contributed by atoms with E-state index in [4.69, 9.17) is 19.2 Å². The van der Waals surface area contributed by atoms with Crippen LogP contribution in [0.2, 0.25) is 0 Å². The minimum absolute atomic E-state index is 0.114. The molecule has 1 N–H and O–H groups in total. The topological polar surface area (TPSA) is 72.9 Å². The molecule has 2 aliphatic rings. The summed E-state index contributed by atoms with van der Waals surface area (Å²) in [4.78, 5) is 20.6.